The van der Waals surface area contributed by atoms with Crippen LogP contribution in [-0.2, 0) is 9.59 Å². The van der Waals surface area contributed by atoms with Crippen molar-refractivity contribution in [2.24, 2.45) is 0 Å². The summed E-state index contributed by atoms with van der Waals surface area (Å²) in [7, 11) is 0. The van der Waals surface area contributed by atoms with Gasteiger partial charge in [0.05, 0.1) is 5.69 Å². The number of anilines is 1. The lowest BCUT2D eigenvalue weighted by molar-refractivity contribution is -0.122. The molecule has 6 heteroatoms. The van der Waals surface area contributed by atoms with E-state index in [2.05, 4.69) is 9.88 Å². The maximum Gasteiger partial charge on any atom is 0.270 e. The molecule has 2 aliphatic rings. The third-order valence-corrected chi connectivity index (χ3v) is 6.25. The number of nitrogens with one attached hydrogen (secondary N) is 1. The lowest BCUT2D eigenvalue weighted by atomic mass is 9.95. The number of hydrogen-bond donors (Lipinski definition) is 1. The molecule has 0 radical (unpaired) electrons. The van der Waals surface area contributed by atoms with Gasteiger partial charge in [0, 0.05) is 18.4 Å². The summed E-state index contributed by atoms with van der Waals surface area (Å²) < 4.78 is 2.21. The maximum absolute atomic E-state index is 13.2. The summed E-state index contributed by atoms with van der Waals surface area (Å²) in [6, 6.07) is 8.18. The van der Waals surface area contributed by atoms with E-state index in [0.717, 1.165) is 16.7 Å². The Morgan fingerprint density at radius 1 is 1.10 bits per heavy atom. The fraction of sp³-hybridized carbons (Fsp3) is 0.348. The molecule has 2 fully saturated rings. The van der Waals surface area contributed by atoms with Crippen molar-refractivity contribution in [3.63, 3.8) is 0 Å². The van der Waals surface area contributed by atoms with E-state index in [1.54, 1.807) is 6.08 Å². The molecule has 2 amide bonds. The highest BCUT2D eigenvalue weighted by atomic mass is 32.1. The highest BCUT2D eigenvalue weighted by Crippen LogP contribution is 2.30. The molecular formula is C23H25N3O2S. The van der Waals surface area contributed by atoms with Crippen LogP contribution in [0.3, 0.4) is 0 Å². The molecule has 150 valence electrons. The predicted octanol–water partition coefficient (Wildman–Crippen LogP) is 4.44. The molecule has 0 bridgehead atoms. The molecule has 29 heavy (non-hydrogen) atoms. The molecule has 0 spiro atoms. The van der Waals surface area contributed by atoms with Crippen LogP contribution in [0.2, 0.25) is 0 Å². The molecular weight excluding hydrogens is 382 g/mol. The first-order valence-electron chi connectivity index (χ1n) is 10.1. The summed E-state index contributed by atoms with van der Waals surface area (Å²) in [6.45, 7) is 3.93. The van der Waals surface area contributed by atoms with Crippen molar-refractivity contribution in [2.45, 2.75) is 52.0 Å². The topological polar surface area (TPSA) is 54.3 Å². The number of nitrogens with zero attached hydrogens (tertiary/aromatic N) is 2. The van der Waals surface area contributed by atoms with E-state index in [0.29, 0.717) is 11.7 Å². The summed E-state index contributed by atoms with van der Waals surface area (Å²) in [4.78, 5) is 27.2. The van der Waals surface area contributed by atoms with Gasteiger partial charge in [-0.25, -0.2) is 0 Å². The number of thiocarbonyl (C=S) groups is 1. The molecule has 0 atom stereocenters. The Kier molecular flexibility index (Phi) is 5.37. The predicted molar refractivity (Wildman–Crippen MR) is 119 cm³/mol. The van der Waals surface area contributed by atoms with Crippen LogP contribution in [0.4, 0.5) is 5.69 Å². The fourth-order valence-corrected chi connectivity index (χ4v) is 4.42. The van der Waals surface area contributed by atoms with Crippen molar-refractivity contribution in [2.75, 3.05) is 4.90 Å². The van der Waals surface area contributed by atoms with E-state index in [1.165, 1.54) is 37.0 Å². The Morgan fingerprint density at radius 3 is 2.62 bits per heavy atom. The summed E-state index contributed by atoms with van der Waals surface area (Å²) in [5, 5.41) is 2.78. The Morgan fingerprint density at radius 2 is 1.86 bits per heavy atom. The zero-order valence-electron chi connectivity index (χ0n) is 16.8. The van der Waals surface area contributed by atoms with Gasteiger partial charge >= 0.3 is 0 Å². The first-order valence-corrected chi connectivity index (χ1v) is 10.5. The van der Waals surface area contributed by atoms with Gasteiger partial charge in [-0.2, -0.15) is 0 Å². The lowest BCUT2D eigenvalue weighted by Gasteiger charge is -2.30. The maximum atomic E-state index is 13.2. The van der Waals surface area contributed by atoms with Gasteiger partial charge in [0.1, 0.15) is 5.57 Å². The number of benzene rings is 1. The van der Waals surface area contributed by atoms with Crippen molar-refractivity contribution in [1.29, 1.82) is 0 Å². The second-order valence-corrected chi connectivity index (χ2v) is 8.25. The number of carbonyl (C=O) groups excluding carboxylic acids is 2. The van der Waals surface area contributed by atoms with E-state index in [-0.39, 0.29) is 10.7 Å². The van der Waals surface area contributed by atoms with Crippen molar-refractivity contribution in [1.82, 2.24) is 9.88 Å². The van der Waals surface area contributed by atoms with Gasteiger partial charge < -0.3 is 4.57 Å². The second kappa shape index (κ2) is 7.95. The Labute approximate surface area is 176 Å². The van der Waals surface area contributed by atoms with Crippen molar-refractivity contribution in [3.05, 3.63) is 58.9 Å². The van der Waals surface area contributed by atoms with Crippen LogP contribution in [0.25, 0.3) is 6.08 Å². The van der Waals surface area contributed by atoms with E-state index in [4.69, 9.17) is 12.2 Å². The van der Waals surface area contributed by atoms with Gasteiger partial charge in [0.2, 0.25) is 0 Å². The van der Waals surface area contributed by atoms with Crippen LogP contribution in [0.5, 0.6) is 0 Å². The van der Waals surface area contributed by atoms with Crippen LogP contribution in [-0.4, -0.2) is 21.5 Å². The lowest BCUT2D eigenvalue weighted by Crippen LogP contribution is -2.54. The Balaban J connectivity index is 1.65. The highest BCUT2D eigenvalue weighted by Gasteiger charge is 2.35. The quantitative estimate of drug-likeness (QED) is 0.465. The number of hydrogen-bond acceptors (Lipinski definition) is 3. The fourth-order valence-electron chi connectivity index (χ4n) is 4.14. The number of amides is 2. The summed E-state index contributed by atoms with van der Waals surface area (Å²) in [6.07, 6.45) is 11.9. The molecule has 0 unspecified atom stereocenters. The molecule has 2 heterocycles. The average molecular weight is 408 g/mol. The first-order chi connectivity index (χ1) is 14.0. The van der Waals surface area contributed by atoms with E-state index in [9.17, 15) is 9.59 Å². The summed E-state index contributed by atoms with van der Waals surface area (Å²) in [5.41, 5.74) is 3.67. The normalized spacial score (nSPS) is 19.7. The van der Waals surface area contributed by atoms with Crippen LogP contribution < -0.4 is 10.2 Å². The molecule has 1 saturated heterocycles. The zero-order valence-corrected chi connectivity index (χ0v) is 17.6. The Bertz CT molecular complexity index is 1010. The van der Waals surface area contributed by atoms with Gasteiger partial charge in [-0.05, 0) is 73.8 Å². The molecule has 4 rings (SSSR count). The molecule has 1 N–H and O–H groups in total. The van der Waals surface area contributed by atoms with Crippen molar-refractivity contribution in [3.8, 4) is 0 Å². The molecule has 1 aromatic carbocycles. The molecule has 2 aromatic rings. The molecule has 5 nitrogen and oxygen atoms in total. The van der Waals surface area contributed by atoms with E-state index < -0.39 is 11.8 Å². The van der Waals surface area contributed by atoms with Gasteiger partial charge in [-0.3, -0.25) is 19.8 Å². The van der Waals surface area contributed by atoms with Gasteiger partial charge in [-0.15, -0.1) is 0 Å². The van der Waals surface area contributed by atoms with E-state index >= 15 is 0 Å². The Hall–Kier alpha value is -2.73. The standard InChI is InChI=1S/C23H25N3O2S/c1-15-7-6-10-20(16(15)2)26-22(28)19(21(27)24-23(26)29)13-17-11-12-25(14-17)18-8-4-3-5-9-18/h6-7,10-14,18H,3-5,8-9H2,1-2H3,(H,24,27,29)/b19-13-. The smallest absolute Gasteiger partial charge is 0.270 e. The monoisotopic (exact) mass is 407 g/mol. The molecule has 1 aromatic heterocycles. The SMILES string of the molecule is Cc1cccc(N2C(=O)/C(=C\c3ccn(C4CCCCC4)c3)C(=O)NC2=S)c1C. The van der Waals surface area contributed by atoms with Crippen LogP contribution in [0.15, 0.2) is 42.2 Å². The van der Waals surface area contributed by atoms with E-state index in [1.807, 2.05) is 50.5 Å². The number of rotatable bonds is 3. The molecule has 1 saturated carbocycles. The third kappa shape index (κ3) is 3.77. The second-order valence-electron chi connectivity index (χ2n) is 7.86. The molecule has 1 aliphatic carbocycles. The van der Waals surface area contributed by atoms with Crippen molar-refractivity contribution < 1.29 is 9.59 Å². The minimum absolute atomic E-state index is 0.0981. The zero-order chi connectivity index (χ0) is 20.5. The summed E-state index contributed by atoms with van der Waals surface area (Å²) >= 11 is 5.32. The number of aryl methyl sites for hydroxylation is 1. The minimum atomic E-state index is -0.452. The summed E-state index contributed by atoms with van der Waals surface area (Å²) in [5.74, 6) is -0.843. The average Bonchev–Trinajstić information content (AvgIpc) is 3.18. The third-order valence-electron chi connectivity index (χ3n) is 5.96. The van der Waals surface area contributed by atoms with Gasteiger partial charge in [-0.1, -0.05) is 31.4 Å². The van der Waals surface area contributed by atoms with Crippen LogP contribution in [0.1, 0.15) is 54.8 Å². The number of aromatic nitrogens is 1. The highest BCUT2D eigenvalue weighted by molar-refractivity contribution is 7.80. The molecule has 1 aliphatic heterocycles. The van der Waals surface area contributed by atoms with Gasteiger partial charge in [0.25, 0.3) is 11.8 Å². The van der Waals surface area contributed by atoms with Crippen LogP contribution >= 0.6 is 12.2 Å². The largest absolute Gasteiger partial charge is 0.351 e. The van der Waals surface area contributed by atoms with Crippen LogP contribution in [0, 0.1) is 13.8 Å². The van der Waals surface area contributed by atoms with Gasteiger partial charge in [0.15, 0.2) is 5.11 Å². The first kappa shape index (κ1) is 19.6. The number of carbonyl (C=O) groups is 2. The van der Waals surface area contributed by atoms with Crippen molar-refractivity contribution >= 4 is 40.9 Å². The minimum Gasteiger partial charge on any atom is -0.351 e.